The standard InChI is InChI=1S/2C7H7.Ag/c2*1-7-5-3-2-4-6-7;/h2*2-6H,1H2;/q2*-1;. The van der Waals surface area contributed by atoms with Gasteiger partial charge in [-0.25, -0.2) is 0 Å². The molecule has 1 heteroatoms. The van der Waals surface area contributed by atoms with Gasteiger partial charge in [-0.05, 0) is 0 Å². The van der Waals surface area contributed by atoms with Gasteiger partial charge in [-0.1, -0.05) is 12.1 Å². The van der Waals surface area contributed by atoms with E-state index in [0.29, 0.717) is 0 Å². The minimum atomic E-state index is 0. The van der Waals surface area contributed by atoms with Crippen molar-refractivity contribution in [1.29, 1.82) is 0 Å². The van der Waals surface area contributed by atoms with Crippen molar-refractivity contribution in [3.63, 3.8) is 0 Å². The van der Waals surface area contributed by atoms with Crippen LogP contribution in [0.25, 0.3) is 0 Å². The summed E-state index contributed by atoms with van der Waals surface area (Å²) in [5.74, 6) is 0. The van der Waals surface area contributed by atoms with Gasteiger partial charge in [0, 0.05) is 22.4 Å². The normalized spacial score (nSPS) is 8.00. The van der Waals surface area contributed by atoms with Crippen molar-refractivity contribution in [2.75, 3.05) is 0 Å². The SMILES string of the molecule is [Ag].[CH2-]c1ccccc1.[CH2-]c1ccccc1. The number of rotatable bonds is 0. The largest absolute Gasteiger partial charge is 0.199 e. The molecule has 0 bridgehead atoms. The predicted molar refractivity (Wildman–Crippen MR) is 61.8 cm³/mol. The van der Waals surface area contributed by atoms with E-state index in [0.717, 1.165) is 11.1 Å². The van der Waals surface area contributed by atoms with E-state index in [1.807, 2.05) is 60.7 Å². The van der Waals surface area contributed by atoms with Crippen molar-refractivity contribution in [2.45, 2.75) is 0 Å². The number of hydrogen-bond acceptors (Lipinski definition) is 0. The Morgan fingerprint density at radius 1 is 0.533 bits per heavy atom. The molecule has 0 unspecified atom stereocenters. The van der Waals surface area contributed by atoms with Crippen LogP contribution in [0.5, 0.6) is 0 Å². The van der Waals surface area contributed by atoms with Gasteiger partial charge in [0.15, 0.2) is 0 Å². The van der Waals surface area contributed by atoms with E-state index in [1.165, 1.54) is 0 Å². The van der Waals surface area contributed by atoms with Gasteiger partial charge in [-0.15, -0.1) is 24.3 Å². The topological polar surface area (TPSA) is 0 Å². The number of hydrogen-bond donors (Lipinski definition) is 0. The van der Waals surface area contributed by atoms with Gasteiger partial charge in [-0.2, -0.15) is 49.2 Å². The molecule has 2 aromatic rings. The Bertz CT molecular complexity index is 303. The van der Waals surface area contributed by atoms with E-state index in [9.17, 15) is 0 Å². The maximum Gasteiger partial charge on any atom is 0 e. The second kappa shape index (κ2) is 8.25. The third kappa shape index (κ3) is 6.92. The van der Waals surface area contributed by atoms with Crippen LogP contribution < -0.4 is 0 Å². The first-order valence-electron chi connectivity index (χ1n) is 4.53. The van der Waals surface area contributed by atoms with Crippen molar-refractivity contribution < 1.29 is 22.4 Å². The molecule has 0 atom stereocenters. The molecular weight excluding hydrogens is 276 g/mol. The molecule has 15 heavy (non-hydrogen) atoms. The van der Waals surface area contributed by atoms with Crippen molar-refractivity contribution in [1.82, 2.24) is 0 Å². The average molecular weight is 290 g/mol. The Morgan fingerprint density at radius 3 is 0.933 bits per heavy atom. The van der Waals surface area contributed by atoms with Crippen LogP contribution in [0, 0.1) is 13.8 Å². The fourth-order valence-corrected chi connectivity index (χ4v) is 0.956. The molecule has 2 aromatic carbocycles. The third-order valence-corrected chi connectivity index (χ3v) is 1.69. The van der Waals surface area contributed by atoms with E-state index in [-0.39, 0.29) is 22.4 Å². The van der Waals surface area contributed by atoms with E-state index >= 15 is 0 Å². The minimum absolute atomic E-state index is 0. The maximum absolute atomic E-state index is 3.72. The van der Waals surface area contributed by atoms with Gasteiger partial charge in [-0.3, -0.25) is 0 Å². The first-order valence-corrected chi connectivity index (χ1v) is 4.53. The monoisotopic (exact) mass is 289 g/mol. The maximum atomic E-state index is 3.72. The molecule has 0 aliphatic heterocycles. The number of benzene rings is 2. The van der Waals surface area contributed by atoms with Crippen molar-refractivity contribution in [2.24, 2.45) is 0 Å². The van der Waals surface area contributed by atoms with Gasteiger partial charge in [0.25, 0.3) is 0 Å². The smallest absolute Gasteiger partial charge is 0 e. The summed E-state index contributed by atoms with van der Waals surface area (Å²) >= 11 is 0. The summed E-state index contributed by atoms with van der Waals surface area (Å²) in [5.41, 5.74) is 2.14. The molecule has 0 fully saturated rings. The Balaban J connectivity index is 0.000000245. The van der Waals surface area contributed by atoms with Crippen LogP contribution in [0.4, 0.5) is 0 Å². The molecule has 0 saturated carbocycles. The van der Waals surface area contributed by atoms with Gasteiger partial charge < -0.3 is 0 Å². The molecule has 0 N–H and O–H groups in total. The van der Waals surface area contributed by atoms with Gasteiger partial charge in [0.1, 0.15) is 0 Å². The summed E-state index contributed by atoms with van der Waals surface area (Å²) in [6.07, 6.45) is 0. The Morgan fingerprint density at radius 2 is 0.800 bits per heavy atom. The predicted octanol–water partition coefficient (Wildman–Crippen LogP) is 3.74. The molecule has 0 saturated heterocycles. The Hall–Kier alpha value is -1.08. The zero-order valence-electron chi connectivity index (χ0n) is 8.49. The zero-order valence-corrected chi connectivity index (χ0v) is 9.97. The fraction of sp³-hybridized carbons (Fsp3) is 0. The summed E-state index contributed by atoms with van der Waals surface area (Å²) in [4.78, 5) is 0. The molecule has 0 aliphatic rings. The van der Waals surface area contributed by atoms with Crippen LogP contribution in [0.3, 0.4) is 0 Å². The molecule has 0 aromatic heterocycles. The van der Waals surface area contributed by atoms with E-state index in [1.54, 1.807) is 0 Å². The van der Waals surface area contributed by atoms with Crippen LogP contribution in [0.1, 0.15) is 11.1 Å². The van der Waals surface area contributed by atoms with Crippen LogP contribution in [-0.4, -0.2) is 0 Å². The van der Waals surface area contributed by atoms with Crippen LogP contribution in [0.2, 0.25) is 0 Å². The molecule has 0 spiro atoms. The van der Waals surface area contributed by atoms with Gasteiger partial charge in [0.2, 0.25) is 0 Å². The second-order valence-corrected chi connectivity index (χ2v) is 2.97. The summed E-state index contributed by atoms with van der Waals surface area (Å²) in [6.45, 7) is 7.44. The quantitative estimate of drug-likeness (QED) is 0.512. The van der Waals surface area contributed by atoms with Gasteiger partial charge >= 0.3 is 0 Å². The first-order chi connectivity index (χ1) is 6.79. The molecule has 83 valence electrons. The van der Waals surface area contributed by atoms with Gasteiger partial charge in [0.05, 0.1) is 0 Å². The molecular formula is C14H14Ag-2. The van der Waals surface area contributed by atoms with Crippen molar-refractivity contribution in [3.05, 3.63) is 85.6 Å². The minimum Gasteiger partial charge on any atom is -0.199 e. The Labute approximate surface area is 108 Å². The molecule has 0 heterocycles. The summed E-state index contributed by atoms with van der Waals surface area (Å²) in [7, 11) is 0. The van der Waals surface area contributed by atoms with Crippen LogP contribution in [-0.2, 0) is 22.4 Å². The molecule has 2 rings (SSSR count). The summed E-state index contributed by atoms with van der Waals surface area (Å²) < 4.78 is 0. The summed E-state index contributed by atoms with van der Waals surface area (Å²) in [5, 5.41) is 0. The molecule has 1 radical (unpaired) electrons. The molecule has 0 amide bonds. The van der Waals surface area contributed by atoms with Crippen molar-refractivity contribution in [3.8, 4) is 0 Å². The second-order valence-electron chi connectivity index (χ2n) is 2.97. The Kier molecular flexibility index (Phi) is 7.65. The first kappa shape index (κ1) is 13.9. The zero-order chi connectivity index (χ0) is 10.2. The molecule has 0 nitrogen and oxygen atoms in total. The van der Waals surface area contributed by atoms with Crippen LogP contribution in [0.15, 0.2) is 60.7 Å². The third-order valence-electron chi connectivity index (χ3n) is 1.69. The van der Waals surface area contributed by atoms with E-state index in [2.05, 4.69) is 13.8 Å². The molecule has 0 aliphatic carbocycles. The van der Waals surface area contributed by atoms with Crippen LogP contribution >= 0.6 is 0 Å². The van der Waals surface area contributed by atoms with E-state index < -0.39 is 0 Å². The fourth-order valence-electron chi connectivity index (χ4n) is 0.956. The average Bonchev–Trinajstić information content (AvgIpc) is 2.21. The van der Waals surface area contributed by atoms with E-state index in [4.69, 9.17) is 0 Å². The van der Waals surface area contributed by atoms with Crippen molar-refractivity contribution >= 4 is 0 Å². The summed E-state index contributed by atoms with van der Waals surface area (Å²) in [6, 6.07) is 19.7.